The summed E-state index contributed by atoms with van der Waals surface area (Å²) in [5.41, 5.74) is 8.79. The summed E-state index contributed by atoms with van der Waals surface area (Å²) >= 11 is 0. The Labute approximate surface area is 147 Å². The molecule has 0 spiro atoms. The van der Waals surface area contributed by atoms with Crippen LogP contribution in [0.1, 0.15) is 18.5 Å². The first-order valence-corrected chi connectivity index (χ1v) is 8.26. The zero-order chi connectivity index (χ0) is 17.5. The van der Waals surface area contributed by atoms with Crippen molar-refractivity contribution in [2.45, 2.75) is 19.8 Å². The van der Waals surface area contributed by atoms with Gasteiger partial charge >= 0.3 is 0 Å². The van der Waals surface area contributed by atoms with Crippen LogP contribution in [0.4, 0.5) is 17.5 Å². The van der Waals surface area contributed by atoms with E-state index in [1.54, 1.807) is 0 Å². The Morgan fingerprint density at radius 3 is 2.76 bits per heavy atom. The van der Waals surface area contributed by atoms with E-state index in [4.69, 9.17) is 5.73 Å². The second-order valence-electron chi connectivity index (χ2n) is 5.76. The van der Waals surface area contributed by atoms with Crippen molar-refractivity contribution in [3.63, 3.8) is 0 Å². The lowest BCUT2D eigenvalue weighted by molar-refractivity contribution is 1.04. The topological polar surface area (TPSA) is 80.0 Å². The molecule has 0 bridgehead atoms. The minimum Gasteiger partial charge on any atom is -0.368 e. The second kappa shape index (κ2) is 8.10. The molecule has 2 aromatic rings. The summed E-state index contributed by atoms with van der Waals surface area (Å²) < 4.78 is 0. The van der Waals surface area contributed by atoms with E-state index in [-0.39, 0.29) is 5.95 Å². The van der Waals surface area contributed by atoms with E-state index in [9.17, 15) is 0 Å². The summed E-state index contributed by atoms with van der Waals surface area (Å²) in [6.07, 6.45) is 16.0. The minimum atomic E-state index is 0.284. The Balaban J connectivity index is 1.72. The van der Waals surface area contributed by atoms with E-state index >= 15 is 0 Å². The summed E-state index contributed by atoms with van der Waals surface area (Å²) in [5, 5.41) is 3.34. The summed E-state index contributed by atoms with van der Waals surface area (Å²) in [5.74, 6) is 1.01. The van der Waals surface area contributed by atoms with Gasteiger partial charge in [-0.3, -0.25) is 4.98 Å². The van der Waals surface area contributed by atoms with Gasteiger partial charge in [0.1, 0.15) is 5.82 Å². The molecular weight excluding hydrogens is 312 g/mol. The Hall–Kier alpha value is -3.15. The minimum absolute atomic E-state index is 0.284. The highest BCUT2D eigenvalue weighted by Crippen LogP contribution is 2.16. The Bertz CT molecular complexity index is 775. The van der Waals surface area contributed by atoms with Gasteiger partial charge in [0.2, 0.25) is 5.95 Å². The average molecular weight is 334 g/mol. The van der Waals surface area contributed by atoms with Crippen molar-refractivity contribution in [1.29, 1.82) is 0 Å². The highest BCUT2D eigenvalue weighted by Gasteiger charge is 2.04. The molecule has 1 aliphatic rings. The summed E-state index contributed by atoms with van der Waals surface area (Å²) in [4.78, 5) is 14.6. The van der Waals surface area contributed by atoms with Gasteiger partial charge < -0.3 is 16.0 Å². The number of nitrogen functional groups attached to an aromatic ring is 1. The summed E-state index contributed by atoms with van der Waals surface area (Å²) in [6, 6.07) is 5.91. The number of nitrogens with zero attached hydrogens (tertiary/aromatic N) is 4. The van der Waals surface area contributed by atoms with Gasteiger partial charge in [0.15, 0.2) is 0 Å². The number of hydrogen-bond donors (Lipinski definition) is 2. The Kier molecular flexibility index (Phi) is 5.41. The van der Waals surface area contributed by atoms with Crippen LogP contribution in [0, 0.1) is 6.92 Å². The molecule has 0 radical (unpaired) electrons. The maximum atomic E-state index is 5.72. The monoisotopic (exact) mass is 334 g/mol. The third-order valence-electron chi connectivity index (χ3n) is 3.75. The maximum absolute atomic E-state index is 5.72. The normalized spacial score (nSPS) is 19.6. The second-order valence-corrected chi connectivity index (χ2v) is 5.76. The van der Waals surface area contributed by atoms with Crippen LogP contribution in [0.15, 0.2) is 66.8 Å². The molecule has 0 atom stereocenters. The molecule has 6 heteroatoms. The van der Waals surface area contributed by atoms with Gasteiger partial charge in [-0.15, -0.1) is 0 Å². The molecular formula is C19H22N6. The third kappa shape index (κ3) is 4.91. The van der Waals surface area contributed by atoms with Gasteiger partial charge in [-0.2, -0.15) is 4.98 Å². The standard InChI is InChI=1S/C19H22N6/c1-15-14-18(24-19(20)22-15)23-16-6-2-4-12-25(13-5-3-7-16)17-8-10-21-11-9-17/h2,4-5,7-11,13-14H,3,6,12H2,1H3,(H3,20,22,23,24)/b4-2-,13-5-,16-7+. The van der Waals surface area contributed by atoms with Crippen molar-refractivity contribution in [3.05, 3.63) is 72.5 Å². The van der Waals surface area contributed by atoms with Crippen molar-refractivity contribution in [1.82, 2.24) is 15.0 Å². The third-order valence-corrected chi connectivity index (χ3v) is 3.75. The van der Waals surface area contributed by atoms with E-state index in [0.29, 0.717) is 0 Å². The molecule has 0 saturated carbocycles. The van der Waals surface area contributed by atoms with Crippen LogP contribution in [0.5, 0.6) is 0 Å². The molecule has 1 aliphatic heterocycles. The molecule has 0 aliphatic carbocycles. The van der Waals surface area contributed by atoms with E-state index in [0.717, 1.165) is 42.3 Å². The molecule has 2 aromatic heterocycles. The highest BCUT2D eigenvalue weighted by molar-refractivity contribution is 5.49. The van der Waals surface area contributed by atoms with Crippen LogP contribution < -0.4 is 16.0 Å². The van der Waals surface area contributed by atoms with Crippen LogP contribution in [0.25, 0.3) is 0 Å². The van der Waals surface area contributed by atoms with Crippen LogP contribution in [-0.4, -0.2) is 21.5 Å². The van der Waals surface area contributed by atoms with Gasteiger partial charge in [-0.05, 0) is 25.5 Å². The first-order valence-electron chi connectivity index (χ1n) is 8.26. The predicted molar refractivity (Wildman–Crippen MR) is 102 cm³/mol. The Morgan fingerprint density at radius 2 is 1.96 bits per heavy atom. The van der Waals surface area contributed by atoms with Crippen molar-refractivity contribution in [2.24, 2.45) is 0 Å². The molecule has 3 rings (SSSR count). The first-order chi connectivity index (χ1) is 12.2. The molecule has 0 unspecified atom stereocenters. The van der Waals surface area contributed by atoms with Gasteiger partial charge in [-0.25, -0.2) is 4.98 Å². The lowest BCUT2D eigenvalue weighted by atomic mass is 10.2. The van der Waals surface area contributed by atoms with Crippen molar-refractivity contribution >= 4 is 17.5 Å². The van der Waals surface area contributed by atoms with Crippen molar-refractivity contribution in [3.8, 4) is 0 Å². The summed E-state index contributed by atoms with van der Waals surface area (Å²) in [7, 11) is 0. The quantitative estimate of drug-likeness (QED) is 0.837. The molecule has 6 nitrogen and oxygen atoms in total. The largest absolute Gasteiger partial charge is 0.368 e. The lowest BCUT2D eigenvalue weighted by Gasteiger charge is -2.19. The maximum Gasteiger partial charge on any atom is 0.222 e. The number of nitrogens with one attached hydrogen (secondary N) is 1. The number of rotatable bonds is 3. The SMILES string of the molecule is Cc1cc(N/C2=C/C/C=C\N(c3ccncc3)C/C=C\C2)nc(N)n1. The van der Waals surface area contributed by atoms with E-state index in [2.05, 4.69) is 55.7 Å². The van der Waals surface area contributed by atoms with Crippen LogP contribution in [-0.2, 0) is 0 Å². The van der Waals surface area contributed by atoms with Crippen molar-refractivity contribution in [2.75, 3.05) is 22.5 Å². The molecule has 0 fully saturated rings. The van der Waals surface area contributed by atoms with Crippen LogP contribution in [0.3, 0.4) is 0 Å². The molecule has 0 amide bonds. The molecule has 25 heavy (non-hydrogen) atoms. The van der Waals surface area contributed by atoms with Gasteiger partial charge in [0.25, 0.3) is 0 Å². The number of allylic oxidation sites excluding steroid dienone is 3. The number of pyridine rings is 1. The van der Waals surface area contributed by atoms with E-state index in [1.807, 2.05) is 37.5 Å². The predicted octanol–water partition coefficient (Wildman–Crippen LogP) is 3.43. The van der Waals surface area contributed by atoms with E-state index in [1.165, 1.54) is 0 Å². The first kappa shape index (κ1) is 16.7. The van der Waals surface area contributed by atoms with Gasteiger partial charge in [0, 0.05) is 54.7 Å². The fourth-order valence-corrected chi connectivity index (χ4v) is 2.59. The molecule has 3 heterocycles. The number of aromatic nitrogens is 3. The lowest BCUT2D eigenvalue weighted by Crippen LogP contribution is -2.16. The fourth-order valence-electron chi connectivity index (χ4n) is 2.59. The molecule has 0 saturated heterocycles. The van der Waals surface area contributed by atoms with E-state index < -0.39 is 0 Å². The highest BCUT2D eigenvalue weighted by atomic mass is 15.1. The summed E-state index contributed by atoms with van der Waals surface area (Å²) in [6.45, 7) is 2.72. The average Bonchev–Trinajstić information content (AvgIpc) is 2.60. The number of anilines is 3. The number of aryl methyl sites for hydroxylation is 1. The fraction of sp³-hybridized carbons (Fsp3) is 0.211. The zero-order valence-corrected chi connectivity index (χ0v) is 14.3. The number of hydrogen-bond acceptors (Lipinski definition) is 6. The van der Waals surface area contributed by atoms with Crippen LogP contribution >= 0.6 is 0 Å². The zero-order valence-electron chi connectivity index (χ0n) is 14.3. The molecule has 3 N–H and O–H groups in total. The van der Waals surface area contributed by atoms with Crippen LogP contribution in [0.2, 0.25) is 0 Å². The van der Waals surface area contributed by atoms with Gasteiger partial charge in [0.05, 0.1) is 0 Å². The molecule has 128 valence electrons. The smallest absolute Gasteiger partial charge is 0.222 e. The molecule has 0 aromatic carbocycles. The Morgan fingerprint density at radius 1 is 1.12 bits per heavy atom. The number of nitrogens with two attached hydrogens (primary N) is 1. The van der Waals surface area contributed by atoms with Crippen molar-refractivity contribution < 1.29 is 0 Å². The van der Waals surface area contributed by atoms with Gasteiger partial charge in [-0.1, -0.05) is 24.3 Å².